The maximum absolute atomic E-state index is 12.0. The first-order chi connectivity index (χ1) is 10.2. The molecule has 0 radical (unpaired) electrons. The fourth-order valence-corrected chi connectivity index (χ4v) is 2.92. The standard InChI is InChI=1S/C13H18O8S/c1-7-2-4-8(5-3-7)22(18,19)20-6-9-10(14)11(15)12(16)13(17)21-9/h2-5,9-17H,6H2,1H3/t9-,10+,11-,12+,13+/m0/s1. The van der Waals surface area contributed by atoms with Crippen molar-refractivity contribution in [3.05, 3.63) is 29.8 Å². The molecule has 9 heteroatoms. The fraction of sp³-hybridized carbons (Fsp3) is 0.538. The minimum atomic E-state index is -4.07. The molecule has 5 atom stereocenters. The molecule has 1 aromatic carbocycles. The summed E-state index contributed by atoms with van der Waals surface area (Å²) in [7, 11) is -4.07. The Morgan fingerprint density at radius 3 is 2.23 bits per heavy atom. The zero-order valence-electron chi connectivity index (χ0n) is 11.7. The van der Waals surface area contributed by atoms with E-state index < -0.39 is 47.4 Å². The number of hydrogen-bond acceptors (Lipinski definition) is 8. The van der Waals surface area contributed by atoms with Gasteiger partial charge in [-0.1, -0.05) is 17.7 Å². The van der Waals surface area contributed by atoms with Gasteiger partial charge in [0.25, 0.3) is 10.1 Å². The summed E-state index contributed by atoms with van der Waals surface area (Å²) in [5.74, 6) is 0. The van der Waals surface area contributed by atoms with Gasteiger partial charge in [0.2, 0.25) is 0 Å². The third-order valence-corrected chi connectivity index (χ3v) is 4.68. The van der Waals surface area contributed by atoms with Crippen molar-refractivity contribution < 1.29 is 37.8 Å². The molecule has 1 fully saturated rings. The average Bonchev–Trinajstić information content (AvgIpc) is 2.48. The topological polar surface area (TPSA) is 134 Å². The molecule has 0 aromatic heterocycles. The molecule has 8 nitrogen and oxygen atoms in total. The molecule has 1 aromatic rings. The van der Waals surface area contributed by atoms with Crippen molar-refractivity contribution in [1.82, 2.24) is 0 Å². The van der Waals surface area contributed by atoms with Crippen molar-refractivity contribution in [3.8, 4) is 0 Å². The van der Waals surface area contributed by atoms with Crippen LogP contribution in [0.25, 0.3) is 0 Å². The van der Waals surface area contributed by atoms with Crippen LogP contribution in [0.2, 0.25) is 0 Å². The second-order valence-electron chi connectivity index (χ2n) is 5.09. The lowest BCUT2D eigenvalue weighted by Crippen LogP contribution is -2.58. The third-order valence-electron chi connectivity index (χ3n) is 3.38. The van der Waals surface area contributed by atoms with Crippen molar-refractivity contribution in [2.45, 2.75) is 42.5 Å². The molecule has 1 saturated heterocycles. The van der Waals surface area contributed by atoms with Crippen LogP contribution in [-0.2, 0) is 19.0 Å². The van der Waals surface area contributed by atoms with Crippen LogP contribution in [0.15, 0.2) is 29.2 Å². The van der Waals surface area contributed by atoms with Gasteiger partial charge in [-0.15, -0.1) is 0 Å². The van der Waals surface area contributed by atoms with Gasteiger partial charge in [-0.25, -0.2) is 0 Å². The molecule has 0 saturated carbocycles. The summed E-state index contributed by atoms with van der Waals surface area (Å²) in [6.45, 7) is 1.19. The molecular weight excluding hydrogens is 316 g/mol. The van der Waals surface area contributed by atoms with Gasteiger partial charge in [0, 0.05) is 0 Å². The molecule has 0 bridgehead atoms. The van der Waals surface area contributed by atoms with E-state index in [1.807, 2.05) is 0 Å². The van der Waals surface area contributed by atoms with Gasteiger partial charge in [0.1, 0.15) is 24.4 Å². The number of aliphatic hydroxyl groups is 4. The Balaban J connectivity index is 2.04. The van der Waals surface area contributed by atoms with Crippen LogP contribution >= 0.6 is 0 Å². The molecule has 0 aliphatic carbocycles. The first kappa shape index (κ1) is 17.3. The lowest BCUT2D eigenvalue weighted by molar-refractivity contribution is -0.285. The van der Waals surface area contributed by atoms with E-state index in [1.54, 1.807) is 19.1 Å². The second-order valence-corrected chi connectivity index (χ2v) is 6.70. The predicted octanol–water partition coefficient (Wildman–Crippen LogP) is -1.50. The fourth-order valence-electron chi connectivity index (χ4n) is 2.00. The van der Waals surface area contributed by atoms with Gasteiger partial charge < -0.3 is 25.2 Å². The van der Waals surface area contributed by atoms with Crippen LogP contribution in [0.1, 0.15) is 5.56 Å². The second kappa shape index (κ2) is 6.59. The average molecular weight is 334 g/mol. The van der Waals surface area contributed by atoms with Gasteiger partial charge >= 0.3 is 0 Å². The number of aliphatic hydroxyl groups excluding tert-OH is 4. The Hall–Kier alpha value is -1.07. The molecule has 1 aliphatic rings. The van der Waals surface area contributed by atoms with Crippen molar-refractivity contribution in [2.24, 2.45) is 0 Å². The molecule has 0 amide bonds. The number of rotatable bonds is 4. The van der Waals surface area contributed by atoms with E-state index in [2.05, 4.69) is 0 Å². The van der Waals surface area contributed by atoms with E-state index in [-0.39, 0.29) is 4.90 Å². The van der Waals surface area contributed by atoms with Gasteiger partial charge in [-0.2, -0.15) is 8.42 Å². The molecule has 0 unspecified atom stereocenters. The maximum atomic E-state index is 12.0. The minimum Gasteiger partial charge on any atom is -0.387 e. The first-order valence-corrected chi connectivity index (χ1v) is 7.97. The number of aryl methyl sites for hydroxylation is 1. The molecular formula is C13H18O8S. The minimum absolute atomic E-state index is 0.0652. The van der Waals surface area contributed by atoms with E-state index in [0.29, 0.717) is 0 Å². The Bertz CT molecular complexity index is 599. The van der Waals surface area contributed by atoms with Crippen LogP contribution in [0.4, 0.5) is 0 Å². The van der Waals surface area contributed by atoms with Gasteiger partial charge in [-0.05, 0) is 19.1 Å². The van der Waals surface area contributed by atoms with Gasteiger partial charge in [0.05, 0.1) is 11.5 Å². The number of ether oxygens (including phenoxy) is 1. The van der Waals surface area contributed by atoms with Crippen LogP contribution in [0.3, 0.4) is 0 Å². The van der Waals surface area contributed by atoms with Gasteiger partial charge in [0.15, 0.2) is 6.29 Å². The van der Waals surface area contributed by atoms with E-state index in [9.17, 15) is 28.8 Å². The van der Waals surface area contributed by atoms with Crippen molar-refractivity contribution >= 4 is 10.1 Å². The summed E-state index contributed by atoms with van der Waals surface area (Å²) in [5, 5.41) is 37.9. The molecule has 4 N–H and O–H groups in total. The lowest BCUT2D eigenvalue weighted by Gasteiger charge is -2.37. The van der Waals surface area contributed by atoms with Crippen molar-refractivity contribution in [2.75, 3.05) is 6.61 Å². The van der Waals surface area contributed by atoms with E-state index in [1.165, 1.54) is 12.1 Å². The predicted molar refractivity (Wildman–Crippen MR) is 73.2 cm³/mol. The Morgan fingerprint density at radius 2 is 1.64 bits per heavy atom. The summed E-state index contributed by atoms with van der Waals surface area (Å²) in [6, 6.07) is 5.95. The van der Waals surface area contributed by atoms with Crippen LogP contribution in [-0.4, -0.2) is 66.2 Å². The van der Waals surface area contributed by atoms with E-state index in [0.717, 1.165) is 5.56 Å². The Labute approximate surface area is 127 Å². The maximum Gasteiger partial charge on any atom is 0.297 e. The summed E-state index contributed by atoms with van der Waals surface area (Å²) in [4.78, 5) is -0.0652. The van der Waals surface area contributed by atoms with E-state index in [4.69, 9.17) is 8.92 Å². The number of hydrogen-bond donors (Lipinski definition) is 4. The monoisotopic (exact) mass is 334 g/mol. The highest BCUT2D eigenvalue weighted by Crippen LogP contribution is 2.21. The summed E-state index contributed by atoms with van der Waals surface area (Å²) in [5.41, 5.74) is 0.880. The molecule has 1 heterocycles. The Morgan fingerprint density at radius 1 is 1.05 bits per heavy atom. The smallest absolute Gasteiger partial charge is 0.297 e. The van der Waals surface area contributed by atoms with Crippen LogP contribution in [0.5, 0.6) is 0 Å². The van der Waals surface area contributed by atoms with Crippen LogP contribution in [0, 0.1) is 6.92 Å². The number of benzene rings is 1. The quantitative estimate of drug-likeness (QED) is 0.489. The Kier molecular flexibility index (Phi) is 5.17. The lowest BCUT2D eigenvalue weighted by atomic mass is 10.00. The largest absolute Gasteiger partial charge is 0.387 e. The molecule has 124 valence electrons. The highest BCUT2D eigenvalue weighted by Gasteiger charge is 2.43. The zero-order valence-corrected chi connectivity index (χ0v) is 12.5. The third kappa shape index (κ3) is 3.63. The van der Waals surface area contributed by atoms with Crippen molar-refractivity contribution in [3.63, 3.8) is 0 Å². The highest BCUT2D eigenvalue weighted by molar-refractivity contribution is 7.86. The summed E-state index contributed by atoms with van der Waals surface area (Å²) < 4.78 is 33.6. The molecule has 0 spiro atoms. The highest BCUT2D eigenvalue weighted by atomic mass is 32.2. The normalized spacial score (nSPS) is 32.9. The zero-order chi connectivity index (χ0) is 16.5. The molecule has 1 aliphatic heterocycles. The molecule has 22 heavy (non-hydrogen) atoms. The summed E-state index contributed by atoms with van der Waals surface area (Å²) in [6.07, 6.45) is -7.98. The SMILES string of the molecule is Cc1ccc(S(=O)(=O)OC[C@@H]2O[C@@H](O)[C@H](O)[C@@H](O)[C@@H]2O)cc1. The molecule has 2 rings (SSSR count). The first-order valence-electron chi connectivity index (χ1n) is 6.56. The van der Waals surface area contributed by atoms with Crippen LogP contribution < -0.4 is 0 Å². The van der Waals surface area contributed by atoms with Gasteiger partial charge in [-0.3, -0.25) is 4.18 Å². The van der Waals surface area contributed by atoms with Crippen molar-refractivity contribution in [1.29, 1.82) is 0 Å². The summed E-state index contributed by atoms with van der Waals surface area (Å²) >= 11 is 0. The van der Waals surface area contributed by atoms with E-state index >= 15 is 0 Å².